The summed E-state index contributed by atoms with van der Waals surface area (Å²) in [5.74, 6) is -0.979. The van der Waals surface area contributed by atoms with Gasteiger partial charge in [-0.2, -0.15) is 0 Å². The van der Waals surface area contributed by atoms with Gasteiger partial charge in [-0.15, -0.1) is 11.3 Å². The van der Waals surface area contributed by atoms with Crippen molar-refractivity contribution in [2.75, 3.05) is 5.32 Å². The summed E-state index contributed by atoms with van der Waals surface area (Å²) in [5, 5.41) is 4.64. The molecule has 0 fully saturated rings. The van der Waals surface area contributed by atoms with E-state index in [0.717, 1.165) is 11.1 Å². The van der Waals surface area contributed by atoms with Crippen LogP contribution < -0.4 is 11.1 Å². The molecule has 0 aliphatic carbocycles. The lowest BCUT2D eigenvalue weighted by Gasteiger charge is -2.35. The molecule has 0 saturated heterocycles. The summed E-state index contributed by atoms with van der Waals surface area (Å²) in [4.78, 5) is 39.3. The highest BCUT2D eigenvalue weighted by Crippen LogP contribution is 2.25. The second-order valence-electron chi connectivity index (χ2n) is 6.83. The second kappa shape index (κ2) is 7.89. The first-order valence-corrected chi connectivity index (χ1v) is 10.0. The van der Waals surface area contributed by atoms with Crippen LogP contribution in [-0.2, 0) is 17.8 Å². The van der Waals surface area contributed by atoms with Crippen LogP contribution in [0.2, 0.25) is 0 Å². The fraction of sp³-hybridized carbons (Fsp3) is 0.136. The molecule has 0 bridgehead atoms. The summed E-state index contributed by atoms with van der Waals surface area (Å²) in [6.07, 6.45) is 0.409. The van der Waals surface area contributed by atoms with Crippen molar-refractivity contribution in [3.05, 3.63) is 87.6 Å². The summed E-state index contributed by atoms with van der Waals surface area (Å²) in [6, 6.07) is 17.3. The first-order chi connectivity index (χ1) is 14.0. The normalized spacial score (nSPS) is 15.4. The Labute approximate surface area is 172 Å². The zero-order valence-corrected chi connectivity index (χ0v) is 16.3. The zero-order chi connectivity index (χ0) is 20.4. The lowest BCUT2D eigenvalue weighted by atomic mass is 9.93. The van der Waals surface area contributed by atoms with Crippen LogP contribution in [0.1, 0.15) is 31.2 Å². The molecule has 1 aliphatic heterocycles. The molecule has 0 saturated carbocycles. The summed E-state index contributed by atoms with van der Waals surface area (Å²) < 4.78 is 0. The number of nitrogens with one attached hydrogen (secondary N) is 1. The van der Waals surface area contributed by atoms with Gasteiger partial charge in [0.05, 0.1) is 4.88 Å². The average molecular weight is 405 g/mol. The van der Waals surface area contributed by atoms with Crippen molar-refractivity contribution in [1.29, 1.82) is 0 Å². The molecule has 4 rings (SSSR count). The van der Waals surface area contributed by atoms with E-state index in [2.05, 4.69) is 5.32 Å². The number of fused-ring (bicyclic) bond motifs is 1. The van der Waals surface area contributed by atoms with E-state index in [0.29, 0.717) is 29.1 Å². The SMILES string of the molecule is NC(=O)[C@@H]1Cc2ccccc2CN1C(=O)c1ccc(NC(=O)c2cccs2)cc1. The van der Waals surface area contributed by atoms with E-state index in [4.69, 9.17) is 5.73 Å². The molecular weight excluding hydrogens is 386 g/mol. The number of hydrogen-bond acceptors (Lipinski definition) is 4. The average Bonchev–Trinajstić information content (AvgIpc) is 3.28. The van der Waals surface area contributed by atoms with E-state index in [9.17, 15) is 14.4 Å². The van der Waals surface area contributed by atoms with Crippen molar-refractivity contribution in [2.24, 2.45) is 5.73 Å². The number of thiophene rings is 1. The van der Waals surface area contributed by atoms with E-state index in [-0.39, 0.29) is 11.8 Å². The third-order valence-electron chi connectivity index (χ3n) is 4.97. The minimum absolute atomic E-state index is 0.194. The highest BCUT2D eigenvalue weighted by atomic mass is 32.1. The fourth-order valence-electron chi connectivity index (χ4n) is 3.45. The van der Waals surface area contributed by atoms with Gasteiger partial charge >= 0.3 is 0 Å². The molecule has 3 N–H and O–H groups in total. The van der Waals surface area contributed by atoms with Crippen LogP contribution in [0.4, 0.5) is 5.69 Å². The van der Waals surface area contributed by atoms with Gasteiger partial charge in [-0.1, -0.05) is 30.3 Å². The second-order valence-corrected chi connectivity index (χ2v) is 7.78. The molecule has 146 valence electrons. The Kier molecular flexibility index (Phi) is 5.14. The van der Waals surface area contributed by atoms with Gasteiger partial charge in [0.25, 0.3) is 11.8 Å². The topological polar surface area (TPSA) is 92.5 Å². The van der Waals surface area contributed by atoms with Crippen molar-refractivity contribution in [3.8, 4) is 0 Å². The van der Waals surface area contributed by atoms with Gasteiger partial charge < -0.3 is 16.0 Å². The molecule has 1 atom stereocenters. The Hall–Kier alpha value is -3.45. The molecule has 0 spiro atoms. The van der Waals surface area contributed by atoms with Crippen LogP contribution in [0.15, 0.2) is 66.0 Å². The largest absolute Gasteiger partial charge is 0.368 e. The van der Waals surface area contributed by atoms with Crippen LogP contribution in [0, 0.1) is 0 Å². The number of carbonyl (C=O) groups is 3. The fourth-order valence-corrected chi connectivity index (χ4v) is 4.07. The molecule has 6 nitrogen and oxygen atoms in total. The van der Waals surface area contributed by atoms with Gasteiger partial charge in [-0.05, 0) is 46.8 Å². The first-order valence-electron chi connectivity index (χ1n) is 9.15. The number of hydrogen-bond donors (Lipinski definition) is 2. The van der Waals surface area contributed by atoms with Crippen molar-refractivity contribution in [1.82, 2.24) is 4.90 Å². The molecular formula is C22H19N3O3S. The molecule has 3 amide bonds. The van der Waals surface area contributed by atoms with E-state index in [1.807, 2.05) is 35.7 Å². The molecule has 2 aromatic carbocycles. The molecule has 7 heteroatoms. The Morgan fingerprint density at radius 2 is 1.69 bits per heavy atom. The molecule has 1 aromatic heterocycles. The Morgan fingerprint density at radius 3 is 2.34 bits per heavy atom. The number of anilines is 1. The molecule has 2 heterocycles. The molecule has 3 aromatic rings. The van der Waals surface area contributed by atoms with Crippen molar-refractivity contribution in [2.45, 2.75) is 19.0 Å². The summed E-state index contributed by atoms with van der Waals surface area (Å²) in [6.45, 7) is 0.333. The monoisotopic (exact) mass is 405 g/mol. The number of amides is 3. The maximum Gasteiger partial charge on any atom is 0.265 e. The van der Waals surface area contributed by atoms with Crippen LogP contribution in [0.5, 0.6) is 0 Å². The standard InChI is InChI=1S/C22H19N3O3S/c23-20(26)18-12-15-4-1-2-5-16(15)13-25(18)22(28)14-7-9-17(10-8-14)24-21(27)19-6-3-11-29-19/h1-11,18H,12-13H2,(H2,23,26)(H,24,27)/t18-/m0/s1. The number of rotatable bonds is 4. The first kappa shape index (κ1) is 18.9. The zero-order valence-electron chi connectivity index (χ0n) is 15.5. The van der Waals surface area contributed by atoms with Crippen LogP contribution in [-0.4, -0.2) is 28.7 Å². The predicted molar refractivity (Wildman–Crippen MR) is 112 cm³/mol. The number of carbonyl (C=O) groups excluding carboxylic acids is 3. The Balaban J connectivity index is 1.52. The van der Waals surface area contributed by atoms with Crippen LogP contribution >= 0.6 is 11.3 Å². The van der Waals surface area contributed by atoms with Gasteiger partial charge in [-0.3, -0.25) is 14.4 Å². The van der Waals surface area contributed by atoms with Crippen molar-refractivity contribution < 1.29 is 14.4 Å². The van der Waals surface area contributed by atoms with Gasteiger partial charge in [0.2, 0.25) is 5.91 Å². The smallest absolute Gasteiger partial charge is 0.265 e. The summed E-state index contributed by atoms with van der Waals surface area (Å²) in [7, 11) is 0. The molecule has 0 unspecified atom stereocenters. The number of primary amides is 1. The molecule has 0 radical (unpaired) electrons. The van der Waals surface area contributed by atoms with E-state index >= 15 is 0 Å². The van der Waals surface area contributed by atoms with E-state index < -0.39 is 11.9 Å². The Bertz CT molecular complexity index is 1060. The van der Waals surface area contributed by atoms with E-state index in [1.165, 1.54) is 16.2 Å². The Morgan fingerprint density at radius 1 is 0.966 bits per heavy atom. The summed E-state index contributed by atoms with van der Waals surface area (Å²) in [5.41, 5.74) is 8.65. The third-order valence-corrected chi connectivity index (χ3v) is 5.84. The molecule has 29 heavy (non-hydrogen) atoms. The number of nitrogens with two attached hydrogens (primary N) is 1. The van der Waals surface area contributed by atoms with Gasteiger partial charge in [0, 0.05) is 24.2 Å². The maximum absolute atomic E-state index is 13.1. The van der Waals surface area contributed by atoms with Crippen LogP contribution in [0.25, 0.3) is 0 Å². The van der Waals surface area contributed by atoms with Crippen molar-refractivity contribution >= 4 is 34.7 Å². The van der Waals surface area contributed by atoms with Gasteiger partial charge in [0.1, 0.15) is 6.04 Å². The summed E-state index contributed by atoms with van der Waals surface area (Å²) >= 11 is 1.36. The van der Waals surface area contributed by atoms with Crippen LogP contribution in [0.3, 0.4) is 0 Å². The third kappa shape index (κ3) is 3.90. The minimum atomic E-state index is -0.685. The number of nitrogens with zero attached hydrogens (tertiary/aromatic N) is 1. The highest BCUT2D eigenvalue weighted by molar-refractivity contribution is 7.12. The maximum atomic E-state index is 13.1. The lowest BCUT2D eigenvalue weighted by molar-refractivity contribution is -0.122. The lowest BCUT2D eigenvalue weighted by Crippen LogP contribution is -2.51. The highest BCUT2D eigenvalue weighted by Gasteiger charge is 2.33. The van der Waals surface area contributed by atoms with E-state index in [1.54, 1.807) is 30.3 Å². The molecule has 1 aliphatic rings. The number of benzene rings is 2. The van der Waals surface area contributed by atoms with Gasteiger partial charge in [0.15, 0.2) is 0 Å². The van der Waals surface area contributed by atoms with Crippen molar-refractivity contribution in [3.63, 3.8) is 0 Å². The van der Waals surface area contributed by atoms with Gasteiger partial charge in [-0.25, -0.2) is 0 Å². The quantitative estimate of drug-likeness (QED) is 0.699. The minimum Gasteiger partial charge on any atom is -0.368 e. The predicted octanol–water partition coefficient (Wildman–Crippen LogP) is 3.05.